The smallest absolute Gasteiger partial charge is 0.305 e. The van der Waals surface area contributed by atoms with E-state index in [2.05, 4.69) is 27.0 Å². The highest BCUT2D eigenvalue weighted by Gasteiger charge is 2.54. The third-order valence-electron chi connectivity index (χ3n) is 15.3. The highest BCUT2D eigenvalue weighted by molar-refractivity contribution is 5.69. The lowest BCUT2D eigenvalue weighted by atomic mass is 9.79. The molecule has 2 N–H and O–H groups in total. The van der Waals surface area contributed by atoms with E-state index >= 15 is 0 Å². The molecule has 0 aromatic rings. The Morgan fingerprint density at radius 1 is 0.662 bits per heavy atom. The summed E-state index contributed by atoms with van der Waals surface area (Å²) in [6, 6.07) is 0. The van der Waals surface area contributed by atoms with E-state index in [9.17, 15) is 19.8 Å². The quantitative estimate of drug-likeness (QED) is 0.142. The van der Waals surface area contributed by atoms with Crippen molar-refractivity contribution < 1.29 is 71.9 Å². The Bertz CT molecular complexity index is 1640. The third-order valence-corrected chi connectivity index (χ3v) is 15.3. The van der Waals surface area contributed by atoms with Gasteiger partial charge in [0.2, 0.25) is 0 Å². The Morgan fingerprint density at radius 3 is 1.54 bits per heavy atom. The monoisotopic (exact) mass is 921 g/mol. The second kappa shape index (κ2) is 21.4. The Kier molecular flexibility index (Phi) is 16.8. The molecular weight excluding hydrogens is 841 g/mol. The lowest BCUT2D eigenvalue weighted by Crippen LogP contribution is -2.63. The lowest BCUT2D eigenvalue weighted by Gasteiger charge is -2.53. The number of carbonyl (C=O) groups is 2. The first-order valence-corrected chi connectivity index (χ1v) is 24.6. The fourth-order valence-electron chi connectivity index (χ4n) is 11.4. The van der Waals surface area contributed by atoms with Gasteiger partial charge < -0.3 is 67.1 Å². The molecule has 2 unspecified atom stereocenters. The van der Waals surface area contributed by atoms with Crippen LogP contribution in [0.25, 0.3) is 0 Å². The first kappa shape index (κ1) is 51.0. The van der Waals surface area contributed by atoms with Crippen LogP contribution in [0, 0.1) is 23.7 Å². The first-order valence-electron chi connectivity index (χ1n) is 24.6. The van der Waals surface area contributed by atoms with Gasteiger partial charge in [0, 0.05) is 50.4 Å². The van der Waals surface area contributed by atoms with Gasteiger partial charge in [-0.1, -0.05) is 40.9 Å². The van der Waals surface area contributed by atoms with Crippen molar-refractivity contribution in [2.45, 2.75) is 236 Å². The molecule has 8 fully saturated rings. The van der Waals surface area contributed by atoms with E-state index in [0.717, 1.165) is 43.1 Å². The van der Waals surface area contributed by atoms with Crippen LogP contribution in [0.15, 0.2) is 24.3 Å². The lowest BCUT2D eigenvalue weighted by molar-refractivity contribution is -0.355. The number of carbonyl (C=O) groups excluding carboxylic acids is 2. The van der Waals surface area contributed by atoms with Gasteiger partial charge in [-0.3, -0.25) is 4.79 Å². The third kappa shape index (κ3) is 12.1. The van der Waals surface area contributed by atoms with E-state index in [1.165, 1.54) is 0 Å². The zero-order chi connectivity index (χ0) is 47.0. The second-order valence-corrected chi connectivity index (χ2v) is 21.1. The predicted octanol–water partition coefficient (Wildman–Crippen LogP) is 5.92. The fraction of sp³-hybridized carbons (Fsp3) is 0.880. The summed E-state index contributed by atoms with van der Waals surface area (Å²) in [6.07, 6.45) is 3.72. The fourth-order valence-corrected chi connectivity index (χ4v) is 11.4. The molecule has 8 rings (SSSR count). The molecule has 0 bridgehead atoms. The van der Waals surface area contributed by atoms with Crippen LogP contribution in [0.5, 0.6) is 0 Å². The van der Waals surface area contributed by atoms with Crippen LogP contribution in [-0.2, 0) is 61.7 Å². The molecule has 8 aliphatic rings. The van der Waals surface area contributed by atoms with Crippen molar-refractivity contribution in [1.82, 2.24) is 0 Å². The van der Waals surface area contributed by atoms with Crippen molar-refractivity contribution in [2.24, 2.45) is 23.7 Å². The van der Waals surface area contributed by atoms with E-state index in [-0.39, 0.29) is 109 Å². The molecule has 0 radical (unpaired) electrons. The summed E-state index contributed by atoms with van der Waals surface area (Å²) < 4.78 is 66.9. The number of ether oxygens (including phenoxy) is 11. The van der Waals surface area contributed by atoms with Crippen LogP contribution in [0.2, 0.25) is 0 Å². The van der Waals surface area contributed by atoms with E-state index < -0.39 is 23.8 Å². The molecule has 0 saturated carbocycles. The second-order valence-electron chi connectivity index (χ2n) is 21.1. The average Bonchev–Trinajstić information content (AvgIpc) is 3.25. The van der Waals surface area contributed by atoms with Crippen LogP contribution in [0.1, 0.15) is 127 Å². The SMILES string of the molecule is C=C1C(C[C@@H]2O[C@H]3C[C@H]4OC(C)(C)OC[C@H]4O[C@H]3[C@H](C)[C@H]2O)O[C@@H](CCC(=O)OCC)C[C@H]1C.C=C1C(C[C@@H]2O[C@H]3C[C@H]4OC(C)(C)OC[C@H]4O[C@H]3[C@H](C)[C@H]2O)O[C@@H](CCC=O)C[C@H]1C. The van der Waals surface area contributed by atoms with Crippen LogP contribution < -0.4 is 0 Å². The molecule has 0 amide bonds. The molecule has 8 aliphatic heterocycles. The van der Waals surface area contributed by atoms with Crippen molar-refractivity contribution >= 4 is 12.3 Å². The topological polar surface area (TPSA) is 176 Å². The van der Waals surface area contributed by atoms with E-state index in [4.69, 9.17) is 52.1 Å². The summed E-state index contributed by atoms with van der Waals surface area (Å²) in [5, 5.41) is 22.2. The largest absolute Gasteiger partial charge is 0.466 e. The van der Waals surface area contributed by atoms with Crippen molar-refractivity contribution in [1.29, 1.82) is 0 Å². The molecule has 0 aromatic heterocycles. The minimum atomic E-state index is -0.675. The maximum Gasteiger partial charge on any atom is 0.305 e. The first-order chi connectivity index (χ1) is 30.8. The van der Waals surface area contributed by atoms with Gasteiger partial charge >= 0.3 is 5.97 Å². The molecule has 0 spiro atoms. The Balaban J connectivity index is 0.000000195. The van der Waals surface area contributed by atoms with Gasteiger partial charge in [0.05, 0.1) is 105 Å². The van der Waals surface area contributed by atoms with Crippen molar-refractivity contribution in [3.8, 4) is 0 Å². The number of fused-ring (bicyclic) bond motifs is 4. The highest BCUT2D eigenvalue weighted by atomic mass is 16.7. The molecule has 370 valence electrons. The summed E-state index contributed by atoms with van der Waals surface area (Å²) in [5.41, 5.74) is 2.06. The molecule has 8 saturated heterocycles. The number of hydrogen-bond acceptors (Lipinski definition) is 15. The molecule has 0 aliphatic carbocycles. The number of rotatable bonds is 11. The standard InChI is InChI=1S/C26H42O8.C24H38O7/c1-7-29-23(27)9-8-17-10-14(2)15(3)18(31-17)11-20-24(28)16(4)25-21(32-20)12-19-22(33-25)13-30-26(5,6)34-19;1-13-9-16(7-6-8-25)28-17(14(13)2)10-19-22(26)15(3)23-20(29-19)11-18-21(30-23)12-27-24(4,5)31-18/h14,16-22,24-25,28H,3,7-13H2,1-2,4-6H3;8,13,15-23,26H,2,6-7,9-12H2,1,3-5H3/t14-,16-,17+,18?,19-,20+,21+,22-,24-,25+;13-,15-,16+,17?,18-,19+,20+,21-,22-,23+/m11/s1. The molecule has 15 heteroatoms. The molecule has 65 heavy (non-hydrogen) atoms. The number of hydrogen-bond donors (Lipinski definition) is 2. The van der Waals surface area contributed by atoms with Gasteiger partial charge in [-0.25, -0.2) is 0 Å². The number of esters is 1. The molecule has 0 aromatic carbocycles. The highest BCUT2D eigenvalue weighted by Crippen LogP contribution is 2.44. The summed E-state index contributed by atoms with van der Waals surface area (Å²) in [7, 11) is 0. The van der Waals surface area contributed by atoms with Crippen LogP contribution in [0.3, 0.4) is 0 Å². The summed E-state index contributed by atoms with van der Waals surface area (Å²) in [6.45, 7) is 27.7. The Hall–Kier alpha value is -1.86. The van der Waals surface area contributed by atoms with Gasteiger partial charge in [0.25, 0.3) is 0 Å². The van der Waals surface area contributed by atoms with Crippen LogP contribution in [0.4, 0.5) is 0 Å². The van der Waals surface area contributed by atoms with E-state index in [1.807, 2.05) is 48.5 Å². The normalized spacial score (nSPS) is 45.6. The van der Waals surface area contributed by atoms with E-state index in [0.29, 0.717) is 64.3 Å². The van der Waals surface area contributed by atoms with Crippen LogP contribution in [-0.4, -0.2) is 152 Å². The van der Waals surface area contributed by atoms with E-state index in [1.54, 1.807) is 0 Å². The van der Waals surface area contributed by atoms with Crippen molar-refractivity contribution in [2.75, 3.05) is 19.8 Å². The van der Waals surface area contributed by atoms with Gasteiger partial charge in [0.15, 0.2) is 11.6 Å². The van der Waals surface area contributed by atoms with Crippen LogP contribution >= 0.6 is 0 Å². The van der Waals surface area contributed by atoms with Crippen molar-refractivity contribution in [3.63, 3.8) is 0 Å². The number of aliphatic hydroxyl groups is 2. The summed E-state index contributed by atoms with van der Waals surface area (Å²) >= 11 is 0. The van der Waals surface area contributed by atoms with Gasteiger partial charge in [0.1, 0.15) is 18.5 Å². The summed E-state index contributed by atoms with van der Waals surface area (Å²) in [5.74, 6) is -1.03. The molecule has 15 nitrogen and oxygen atoms in total. The van der Waals surface area contributed by atoms with Gasteiger partial charge in [-0.15, -0.1) is 0 Å². The maximum atomic E-state index is 11.8. The number of aldehydes is 1. The average molecular weight is 921 g/mol. The zero-order valence-corrected chi connectivity index (χ0v) is 40.4. The number of aliphatic hydroxyl groups excluding tert-OH is 2. The molecule has 20 atom stereocenters. The molecular formula is C50H80O15. The summed E-state index contributed by atoms with van der Waals surface area (Å²) in [4.78, 5) is 22.6. The van der Waals surface area contributed by atoms with Crippen molar-refractivity contribution in [3.05, 3.63) is 24.3 Å². The maximum absolute atomic E-state index is 11.8. The van der Waals surface area contributed by atoms with Gasteiger partial charge in [-0.2, -0.15) is 0 Å². The zero-order valence-electron chi connectivity index (χ0n) is 40.4. The minimum Gasteiger partial charge on any atom is -0.466 e. The minimum absolute atomic E-state index is 0.0400. The Morgan fingerprint density at radius 2 is 1.11 bits per heavy atom. The van der Waals surface area contributed by atoms with Gasteiger partial charge in [-0.05, 0) is 83.3 Å². The Labute approximate surface area is 386 Å². The predicted molar refractivity (Wildman–Crippen MR) is 238 cm³/mol. The molecule has 8 heterocycles.